The zero-order valence-electron chi connectivity index (χ0n) is 11.0. The number of carbonyl (C=O) groups excluding carboxylic acids is 1. The summed E-state index contributed by atoms with van der Waals surface area (Å²) in [5, 5.41) is 13.3. The van der Waals surface area contributed by atoms with Gasteiger partial charge in [0, 0.05) is 18.2 Å². The summed E-state index contributed by atoms with van der Waals surface area (Å²) in [5.41, 5.74) is 1.71. The highest BCUT2D eigenvalue weighted by atomic mass is 32.1. The van der Waals surface area contributed by atoms with Crippen LogP contribution in [0.25, 0.3) is 0 Å². The Bertz CT molecular complexity index is 651. The number of pyridine rings is 1. The number of carbonyl (C=O) groups is 1. The van der Waals surface area contributed by atoms with Crippen molar-refractivity contribution in [2.75, 3.05) is 11.9 Å². The number of rotatable bonds is 3. The third-order valence-electron chi connectivity index (χ3n) is 2.48. The van der Waals surface area contributed by atoms with Crippen LogP contribution < -0.4 is 5.32 Å². The topological polar surface area (TPSA) is 62.2 Å². The molecule has 0 aliphatic rings. The number of hydrogen-bond acceptors (Lipinski definition) is 4. The Kier molecular flexibility index (Phi) is 4.88. The monoisotopic (exact) mass is 286 g/mol. The molecule has 0 saturated heterocycles. The Morgan fingerprint density at radius 3 is 3.00 bits per heavy atom. The summed E-state index contributed by atoms with van der Waals surface area (Å²) in [7, 11) is 0. The maximum atomic E-state index is 12.2. The van der Waals surface area contributed by atoms with Gasteiger partial charge < -0.3 is 10.4 Å². The lowest BCUT2D eigenvalue weighted by molar-refractivity contribution is 0.103. The normalized spacial score (nSPS) is 9.70. The molecule has 0 radical (unpaired) electrons. The fourth-order valence-corrected chi connectivity index (χ4v) is 2.26. The molecule has 5 heteroatoms. The van der Waals surface area contributed by atoms with Crippen LogP contribution in [0.5, 0.6) is 0 Å². The van der Waals surface area contributed by atoms with Gasteiger partial charge in [0.05, 0.1) is 6.61 Å². The molecule has 0 aliphatic heterocycles. The van der Waals surface area contributed by atoms with Gasteiger partial charge in [-0.25, -0.2) is 4.98 Å². The predicted octanol–water partition coefficient (Wildman–Crippen LogP) is 2.44. The maximum absolute atomic E-state index is 12.2. The first-order valence-corrected chi connectivity index (χ1v) is 7.00. The van der Waals surface area contributed by atoms with Gasteiger partial charge in [-0.1, -0.05) is 17.9 Å². The molecule has 0 aromatic carbocycles. The molecule has 1 amide bonds. The van der Waals surface area contributed by atoms with Crippen LogP contribution in [0.4, 0.5) is 5.82 Å². The molecular weight excluding hydrogens is 272 g/mol. The summed E-state index contributed by atoms with van der Waals surface area (Å²) in [6.45, 7) is 1.96. The average Bonchev–Trinajstić information content (AvgIpc) is 2.90. The highest BCUT2D eigenvalue weighted by molar-refractivity contribution is 7.12. The zero-order chi connectivity index (χ0) is 14.4. The van der Waals surface area contributed by atoms with Crippen molar-refractivity contribution in [1.29, 1.82) is 0 Å². The van der Waals surface area contributed by atoms with Crippen molar-refractivity contribution in [3.8, 4) is 11.8 Å². The first-order chi connectivity index (χ1) is 9.70. The van der Waals surface area contributed by atoms with Crippen molar-refractivity contribution in [2.45, 2.75) is 13.3 Å². The van der Waals surface area contributed by atoms with Crippen LogP contribution in [-0.2, 0) is 0 Å². The number of aliphatic hydroxyl groups excluding tert-OH is 1. The Morgan fingerprint density at radius 2 is 2.30 bits per heavy atom. The molecule has 0 saturated carbocycles. The number of aryl methyl sites for hydroxylation is 1. The van der Waals surface area contributed by atoms with Crippen LogP contribution in [0.3, 0.4) is 0 Å². The van der Waals surface area contributed by atoms with E-state index in [1.165, 1.54) is 11.3 Å². The van der Waals surface area contributed by atoms with E-state index in [0.717, 1.165) is 5.56 Å². The van der Waals surface area contributed by atoms with Gasteiger partial charge in [0.15, 0.2) is 0 Å². The molecule has 20 heavy (non-hydrogen) atoms. The summed E-state index contributed by atoms with van der Waals surface area (Å²) in [6.07, 6.45) is 2.10. The smallest absolute Gasteiger partial charge is 0.268 e. The molecule has 2 heterocycles. The van der Waals surface area contributed by atoms with Gasteiger partial charge >= 0.3 is 0 Å². The molecule has 2 aromatic heterocycles. The first kappa shape index (κ1) is 14.3. The number of aromatic nitrogens is 1. The lowest BCUT2D eigenvalue weighted by atomic mass is 10.2. The second kappa shape index (κ2) is 6.85. The molecule has 102 valence electrons. The van der Waals surface area contributed by atoms with Gasteiger partial charge in [-0.3, -0.25) is 4.79 Å². The van der Waals surface area contributed by atoms with E-state index in [2.05, 4.69) is 22.1 Å². The molecule has 0 unspecified atom stereocenters. The van der Waals surface area contributed by atoms with Crippen molar-refractivity contribution in [2.24, 2.45) is 0 Å². The molecule has 2 aromatic rings. The number of amides is 1. The van der Waals surface area contributed by atoms with Crippen LogP contribution in [0.1, 0.15) is 27.2 Å². The lowest BCUT2D eigenvalue weighted by Crippen LogP contribution is -2.12. The molecule has 0 atom stereocenters. The van der Waals surface area contributed by atoms with Crippen molar-refractivity contribution in [3.63, 3.8) is 0 Å². The van der Waals surface area contributed by atoms with Crippen LogP contribution in [0.2, 0.25) is 0 Å². The van der Waals surface area contributed by atoms with Crippen molar-refractivity contribution >= 4 is 23.1 Å². The molecule has 0 bridgehead atoms. The molecule has 2 rings (SSSR count). The standard InChI is InChI=1S/C15H14N2O2S/c1-11-5-6-13(16-10-11)17-15(19)14-12(7-9-20-14)4-2-3-8-18/h5-7,9-10,18H,3,8H2,1H3,(H,16,17,19). The van der Waals surface area contributed by atoms with Gasteiger partial charge in [0.2, 0.25) is 0 Å². The summed E-state index contributed by atoms with van der Waals surface area (Å²) >= 11 is 1.33. The first-order valence-electron chi connectivity index (χ1n) is 6.12. The van der Waals surface area contributed by atoms with Crippen LogP contribution >= 0.6 is 11.3 Å². The minimum Gasteiger partial charge on any atom is -0.395 e. The highest BCUT2D eigenvalue weighted by Crippen LogP contribution is 2.17. The van der Waals surface area contributed by atoms with E-state index in [9.17, 15) is 4.79 Å². The Labute approximate surface area is 121 Å². The molecule has 0 fully saturated rings. The minimum atomic E-state index is -0.218. The molecule has 4 nitrogen and oxygen atoms in total. The van der Waals surface area contributed by atoms with Crippen molar-refractivity contribution < 1.29 is 9.90 Å². The van der Waals surface area contributed by atoms with E-state index in [1.54, 1.807) is 18.3 Å². The van der Waals surface area contributed by atoms with E-state index in [-0.39, 0.29) is 12.5 Å². The second-order valence-corrected chi connectivity index (χ2v) is 5.03. The second-order valence-electron chi connectivity index (χ2n) is 4.11. The average molecular weight is 286 g/mol. The van der Waals surface area contributed by atoms with Gasteiger partial charge in [0.25, 0.3) is 5.91 Å². The number of hydrogen-bond donors (Lipinski definition) is 2. The Hall–Kier alpha value is -2.16. The summed E-state index contributed by atoms with van der Waals surface area (Å²) in [6, 6.07) is 5.45. The molecule has 0 spiro atoms. The summed E-state index contributed by atoms with van der Waals surface area (Å²) in [5.74, 6) is 6.00. The minimum absolute atomic E-state index is 0.0198. The third-order valence-corrected chi connectivity index (χ3v) is 3.40. The van der Waals surface area contributed by atoms with E-state index >= 15 is 0 Å². The predicted molar refractivity (Wildman–Crippen MR) is 79.8 cm³/mol. The summed E-state index contributed by atoms with van der Waals surface area (Å²) < 4.78 is 0. The van der Waals surface area contributed by atoms with Crippen LogP contribution in [0.15, 0.2) is 29.8 Å². The molecule has 0 aliphatic carbocycles. The van der Waals surface area contributed by atoms with Gasteiger partial charge in [0.1, 0.15) is 10.7 Å². The van der Waals surface area contributed by atoms with Gasteiger partial charge in [-0.05, 0) is 30.0 Å². The highest BCUT2D eigenvalue weighted by Gasteiger charge is 2.12. The third kappa shape index (κ3) is 3.67. The van der Waals surface area contributed by atoms with E-state index in [4.69, 9.17) is 5.11 Å². The van der Waals surface area contributed by atoms with E-state index < -0.39 is 0 Å². The quantitative estimate of drug-likeness (QED) is 0.852. The lowest BCUT2D eigenvalue weighted by Gasteiger charge is -2.03. The van der Waals surface area contributed by atoms with Crippen LogP contribution in [0, 0.1) is 18.8 Å². The van der Waals surface area contributed by atoms with Crippen molar-refractivity contribution in [3.05, 3.63) is 45.8 Å². The molecule has 2 N–H and O–H groups in total. The fourth-order valence-electron chi connectivity index (χ4n) is 1.51. The number of thiophene rings is 1. The number of anilines is 1. The van der Waals surface area contributed by atoms with Crippen LogP contribution in [-0.4, -0.2) is 22.6 Å². The van der Waals surface area contributed by atoms with Gasteiger partial charge in [-0.2, -0.15) is 0 Å². The molecular formula is C15H14N2O2S. The largest absolute Gasteiger partial charge is 0.395 e. The number of aliphatic hydroxyl groups is 1. The SMILES string of the molecule is Cc1ccc(NC(=O)c2sccc2C#CCCO)nc1. The summed E-state index contributed by atoms with van der Waals surface area (Å²) in [4.78, 5) is 16.8. The fraction of sp³-hybridized carbons (Fsp3) is 0.200. The van der Waals surface area contributed by atoms with Gasteiger partial charge in [-0.15, -0.1) is 11.3 Å². The van der Waals surface area contributed by atoms with E-state index in [1.807, 2.05) is 18.4 Å². The Morgan fingerprint density at radius 1 is 1.45 bits per heavy atom. The van der Waals surface area contributed by atoms with Crippen molar-refractivity contribution in [1.82, 2.24) is 4.98 Å². The Balaban J connectivity index is 2.12. The maximum Gasteiger partial charge on any atom is 0.268 e. The number of nitrogens with one attached hydrogen (secondary N) is 1. The van der Waals surface area contributed by atoms with E-state index in [0.29, 0.717) is 22.7 Å². The number of nitrogens with zero attached hydrogens (tertiary/aromatic N) is 1. The zero-order valence-corrected chi connectivity index (χ0v) is 11.8.